The number of aromatic nitrogens is 4. The molecule has 2 N–H and O–H groups in total. The fourth-order valence-electron chi connectivity index (χ4n) is 2.38. The minimum absolute atomic E-state index is 0.0221. The van der Waals surface area contributed by atoms with Crippen LogP contribution in [0.3, 0.4) is 0 Å². The number of benzene rings is 1. The number of nitrogens with zero attached hydrogens (tertiary/aromatic N) is 4. The molecule has 2 heterocycles. The summed E-state index contributed by atoms with van der Waals surface area (Å²) in [6.45, 7) is 5.52. The highest BCUT2D eigenvalue weighted by Crippen LogP contribution is 2.39. The molecule has 0 spiro atoms. The van der Waals surface area contributed by atoms with Crippen molar-refractivity contribution in [1.29, 1.82) is 0 Å². The van der Waals surface area contributed by atoms with Crippen LogP contribution in [0, 0.1) is 0 Å². The highest BCUT2D eigenvalue weighted by atomic mass is 16.5. The molecule has 0 aliphatic carbocycles. The van der Waals surface area contributed by atoms with Gasteiger partial charge in [0.1, 0.15) is 11.4 Å². The van der Waals surface area contributed by atoms with Crippen LogP contribution in [0.25, 0.3) is 5.69 Å². The smallest absolute Gasteiger partial charge is 0.215 e. The normalized spacial score (nSPS) is 16.0. The number of tetrazole rings is 1. The lowest BCUT2D eigenvalue weighted by Gasteiger charge is -2.34. The maximum Gasteiger partial charge on any atom is 0.215 e. The van der Waals surface area contributed by atoms with E-state index in [1.54, 1.807) is 0 Å². The van der Waals surface area contributed by atoms with E-state index in [4.69, 9.17) is 4.74 Å². The highest BCUT2D eigenvalue weighted by molar-refractivity contribution is 5.52. The lowest BCUT2D eigenvalue weighted by atomic mass is 9.86. The molecule has 0 atom stereocenters. The number of ether oxygens (including phenoxy) is 1. The molecule has 3 rings (SSSR count). The molecule has 7 heteroatoms. The van der Waals surface area contributed by atoms with Crippen molar-refractivity contribution in [1.82, 2.24) is 20.2 Å². The van der Waals surface area contributed by atoms with Crippen LogP contribution in [0.5, 0.6) is 5.75 Å². The maximum absolute atomic E-state index is 9.62. The number of fused-ring (bicyclic) bond motifs is 3. The summed E-state index contributed by atoms with van der Waals surface area (Å²) in [6.07, 6.45) is 0. The largest absolute Gasteiger partial charge is 0.472 e. The molecular formula is C14H18N4O3. The Labute approximate surface area is 122 Å². The zero-order chi connectivity index (χ0) is 15.3. The summed E-state index contributed by atoms with van der Waals surface area (Å²) < 4.78 is 7.32. The van der Waals surface area contributed by atoms with Crippen molar-refractivity contribution in [2.45, 2.75) is 31.8 Å². The summed E-state index contributed by atoms with van der Waals surface area (Å²) in [6, 6.07) is 5.75. The Hall–Kier alpha value is -1.99. The van der Waals surface area contributed by atoms with Crippen molar-refractivity contribution in [3.8, 4) is 11.4 Å². The zero-order valence-corrected chi connectivity index (χ0v) is 12.2. The van der Waals surface area contributed by atoms with Crippen LogP contribution < -0.4 is 4.74 Å². The molecule has 1 aromatic carbocycles. The van der Waals surface area contributed by atoms with E-state index in [0.29, 0.717) is 17.3 Å². The summed E-state index contributed by atoms with van der Waals surface area (Å²) >= 11 is 0. The van der Waals surface area contributed by atoms with Gasteiger partial charge < -0.3 is 14.9 Å². The molecule has 0 saturated carbocycles. The van der Waals surface area contributed by atoms with Gasteiger partial charge in [0.05, 0.1) is 13.2 Å². The Morgan fingerprint density at radius 2 is 1.95 bits per heavy atom. The van der Waals surface area contributed by atoms with Gasteiger partial charge in [0.15, 0.2) is 0 Å². The monoisotopic (exact) mass is 290 g/mol. The molecule has 0 amide bonds. The predicted octanol–water partition coefficient (Wildman–Crippen LogP) is 0.532. The van der Waals surface area contributed by atoms with Crippen LogP contribution in [0.2, 0.25) is 0 Å². The first-order valence-corrected chi connectivity index (χ1v) is 6.76. The first-order chi connectivity index (χ1) is 9.91. The Morgan fingerprint density at radius 1 is 1.24 bits per heavy atom. The number of hydrogen-bond donors (Lipinski definition) is 2. The number of rotatable bonds is 2. The zero-order valence-electron chi connectivity index (χ0n) is 12.2. The number of aliphatic hydroxyl groups is 2. The standard InChI is InChI=1S/C14H18N4O3/c1-13(2,3)9-4-5-11-10(6-9)18-12(15-16-17-18)14(7-19,8-20)21-11/h4-6,19-20H,7-8H2,1-3H3. The Morgan fingerprint density at radius 3 is 2.57 bits per heavy atom. The van der Waals surface area contributed by atoms with Crippen LogP contribution in [-0.4, -0.2) is 43.6 Å². The second kappa shape index (κ2) is 4.51. The molecule has 7 nitrogen and oxygen atoms in total. The third kappa shape index (κ3) is 2.00. The Bertz CT molecular complexity index is 671. The first-order valence-electron chi connectivity index (χ1n) is 6.76. The van der Waals surface area contributed by atoms with Crippen molar-refractivity contribution in [3.05, 3.63) is 29.6 Å². The first kappa shape index (κ1) is 14.0. The van der Waals surface area contributed by atoms with Gasteiger partial charge in [0, 0.05) is 0 Å². The molecule has 21 heavy (non-hydrogen) atoms. The molecule has 0 radical (unpaired) electrons. The SMILES string of the molecule is CC(C)(C)c1ccc2c(c1)-n1nnnc1C(CO)(CO)O2. The van der Waals surface area contributed by atoms with Crippen LogP contribution in [0.4, 0.5) is 0 Å². The Balaban J connectivity index is 2.20. The molecule has 112 valence electrons. The van der Waals surface area contributed by atoms with Gasteiger partial charge in [-0.1, -0.05) is 26.8 Å². The fraction of sp³-hybridized carbons (Fsp3) is 0.500. The average Bonchev–Trinajstić information content (AvgIpc) is 2.95. The summed E-state index contributed by atoms with van der Waals surface area (Å²) in [5.41, 5.74) is 0.484. The van der Waals surface area contributed by atoms with Crippen molar-refractivity contribution in [2.75, 3.05) is 13.2 Å². The third-order valence-electron chi connectivity index (χ3n) is 3.75. The van der Waals surface area contributed by atoms with E-state index in [-0.39, 0.29) is 5.41 Å². The van der Waals surface area contributed by atoms with E-state index in [1.807, 2.05) is 18.2 Å². The van der Waals surface area contributed by atoms with Gasteiger partial charge in [-0.15, -0.1) is 5.10 Å². The van der Waals surface area contributed by atoms with Crippen LogP contribution in [0.15, 0.2) is 18.2 Å². The van der Waals surface area contributed by atoms with E-state index in [9.17, 15) is 10.2 Å². The van der Waals surface area contributed by atoms with Crippen molar-refractivity contribution in [2.24, 2.45) is 0 Å². The molecule has 0 bridgehead atoms. The van der Waals surface area contributed by atoms with Gasteiger partial charge in [-0.3, -0.25) is 0 Å². The molecule has 2 aromatic rings. The van der Waals surface area contributed by atoms with Gasteiger partial charge in [0.25, 0.3) is 0 Å². The lowest BCUT2D eigenvalue weighted by molar-refractivity contribution is -0.0517. The van der Waals surface area contributed by atoms with E-state index >= 15 is 0 Å². The van der Waals surface area contributed by atoms with E-state index < -0.39 is 18.8 Å². The number of aliphatic hydroxyl groups excluding tert-OH is 2. The van der Waals surface area contributed by atoms with Gasteiger partial charge in [0.2, 0.25) is 11.4 Å². The summed E-state index contributed by atoms with van der Waals surface area (Å²) in [5.74, 6) is 0.831. The quantitative estimate of drug-likeness (QED) is 0.838. The van der Waals surface area contributed by atoms with Crippen molar-refractivity contribution >= 4 is 0 Å². The van der Waals surface area contributed by atoms with Crippen molar-refractivity contribution in [3.63, 3.8) is 0 Å². The van der Waals surface area contributed by atoms with Gasteiger partial charge in [-0.05, 0) is 33.5 Å². The van der Waals surface area contributed by atoms with Gasteiger partial charge >= 0.3 is 0 Å². The molecule has 1 aromatic heterocycles. The second-order valence-corrected chi connectivity index (χ2v) is 6.26. The number of hydrogen-bond acceptors (Lipinski definition) is 6. The van der Waals surface area contributed by atoms with Crippen LogP contribution in [0.1, 0.15) is 32.2 Å². The molecule has 0 unspecified atom stereocenters. The molecule has 1 aliphatic rings. The minimum atomic E-state index is -1.32. The molecule has 0 fully saturated rings. The lowest BCUT2D eigenvalue weighted by Crippen LogP contribution is -2.46. The van der Waals surface area contributed by atoms with Gasteiger partial charge in [-0.25, -0.2) is 0 Å². The third-order valence-corrected chi connectivity index (χ3v) is 3.75. The van der Waals surface area contributed by atoms with E-state index in [1.165, 1.54) is 4.68 Å². The van der Waals surface area contributed by atoms with Crippen LogP contribution in [-0.2, 0) is 11.0 Å². The Kier molecular flexibility index (Phi) is 3.00. The predicted molar refractivity (Wildman–Crippen MR) is 74.3 cm³/mol. The second-order valence-electron chi connectivity index (χ2n) is 6.26. The van der Waals surface area contributed by atoms with E-state index in [0.717, 1.165) is 5.56 Å². The summed E-state index contributed by atoms with van der Waals surface area (Å²) in [7, 11) is 0. The highest BCUT2D eigenvalue weighted by Gasteiger charge is 2.44. The topological polar surface area (TPSA) is 93.3 Å². The maximum atomic E-state index is 9.62. The molecule has 1 aliphatic heterocycles. The molecular weight excluding hydrogens is 272 g/mol. The van der Waals surface area contributed by atoms with E-state index in [2.05, 4.69) is 36.3 Å². The summed E-state index contributed by atoms with van der Waals surface area (Å²) in [5, 5.41) is 30.8. The molecule has 0 saturated heterocycles. The minimum Gasteiger partial charge on any atom is -0.472 e. The van der Waals surface area contributed by atoms with Gasteiger partial charge in [-0.2, -0.15) is 4.68 Å². The average molecular weight is 290 g/mol. The fourth-order valence-corrected chi connectivity index (χ4v) is 2.38. The summed E-state index contributed by atoms with van der Waals surface area (Å²) in [4.78, 5) is 0. The van der Waals surface area contributed by atoms with Crippen molar-refractivity contribution < 1.29 is 14.9 Å². The van der Waals surface area contributed by atoms with Crippen LogP contribution >= 0.6 is 0 Å².